The van der Waals surface area contributed by atoms with E-state index in [4.69, 9.17) is 4.74 Å². The molecule has 28 heavy (non-hydrogen) atoms. The molecule has 2 aromatic rings. The molecule has 1 heterocycles. The van der Waals surface area contributed by atoms with Crippen molar-refractivity contribution in [2.24, 2.45) is 0 Å². The van der Waals surface area contributed by atoms with E-state index in [9.17, 15) is 13.2 Å². The molecule has 0 spiro atoms. The van der Waals surface area contributed by atoms with Gasteiger partial charge in [-0.15, -0.1) is 0 Å². The van der Waals surface area contributed by atoms with E-state index in [1.165, 1.54) is 9.71 Å². The van der Waals surface area contributed by atoms with Gasteiger partial charge in [0.2, 0.25) is 10.0 Å². The second-order valence-corrected chi connectivity index (χ2v) is 8.46. The highest BCUT2D eigenvalue weighted by Gasteiger charge is 2.27. The van der Waals surface area contributed by atoms with Gasteiger partial charge >= 0.3 is 0 Å². The lowest BCUT2D eigenvalue weighted by Crippen LogP contribution is -2.51. The summed E-state index contributed by atoms with van der Waals surface area (Å²) in [6, 6.07) is 16.8. The average Bonchev–Trinajstić information content (AvgIpc) is 2.72. The summed E-state index contributed by atoms with van der Waals surface area (Å²) in [7, 11) is -3.51. The normalized spacial score (nSPS) is 15.7. The predicted molar refractivity (Wildman–Crippen MR) is 109 cm³/mol. The highest BCUT2D eigenvalue weighted by Crippen LogP contribution is 2.14. The molecule has 0 atom stereocenters. The highest BCUT2D eigenvalue weighted by molar-refractivity contribution is 7.92. The Balaban J connectivity index is 1.49. The smallest absolute Gasteiger partial charge is 0.260 e. The van der Waals surface area contributed by atoms with E-state index in [0.29, 0.717) is 18.8 Å². The van der Waals surface area contributed by atoms with E-state index < -0.39 is 10.0 Å². The molecule has 3 rings (SSSR count). The number of rotatable bonds is 6. The van der Waals surface area contributed by atoms with Gasteiger partial charge < -0.3 is 9.64 Å². The number of ether oxygens (including phenoxy) is 1. The molecule has 1 amide bonds. The van der Waals surface area contributed by atoms with Crippen LogP contribution in [-0.4, -0.2) is 56.3 Å². The standard InChI is InChI=1S/C21H24N2O4S/c1-18-7-9-20(10-8-18)27-17-21(24)22-12-14-23(15-13-22)28(25,26)16-11-19-5-3-2-4-6-19/h2-11,16H,12-15,17H2,1H3/b16-11+. The van der Waals surface area contributed by atoms with E-state index in [2.05, 4.69) is 0 Å². The molecular formula is C21H24N2O4S. The maximum Gasteiger partial charge on any atom is 0.260 e. The zero-order valence-electron chi connectivity index (χ0n) is 15.8. The van der Waals surface area contributed by atoms with E-state index in [1.807, 2.05) is 61.5 Å². The third-order valence-electron chi connectivity index (χ3n) is 4.57. The first-order valence-corrected chi connectivity index (χ1v) is 10.6. The minimum atomic E-state index is -3.51. The fraction of sp³-hybridized carbons (Fsp3) is 0.286. The second kappa shape index (κ2) is 9.03. The van der Waals surface area contributed by atoms with Gasteiger partial charge in [0.25, 0.3) is 5.91 Å². The fourth-order valence-electron chi connectivity index (χ4n) is 2.88. The van der Waals surface area contributed by atoms with Gasteiger partial charge in [0.15, 0.2) is 6.61 Å². The van der Waals surface area contributed by atoms with Crippen LogP contribution in [0, 0.1) is 6.92 Å². The number of benzene rings is 2. The monoisotopic (exact) mass is 400 g/mol. The van der Waals surface area contributed by atoms with Crippen molar-refractivity contribution in [2.75, 3.05) is 32.8 Å². The first kappa shape index (κ1) is 20.1. The lowest BCUT2D eigenvalue weighted by molar-refractivity contribution is -0.134. The fourth-order valence-corrected chi connectivity index (χ4v) is 4.05. The van der Waals surface area contributed by atoms with Gasteiger partial charge in [-0.05, 0) is 30.7 Å². The van der Waals surface area contributed by atoms with Crippen molar-refractivity contribution in [3.05, 3.63) is 71.1 Å². The van der Waals surface area contributed by atoms with Gasteiger partial charge in [-0.25, -0.2) is 8.42 Å². The number of nitrogens with zero attached hydrogens (tertiary/aromatic N) is 2. The van der Waals surface area contributed by atoms with Crippen LogP contribution in [0.3, 0.4) is 0 Å². The third kappa shape index (κ3) is 5.43. The maximum absolute atomic E-state index is 12.5. The molecule has 1 saturated heterocycles. The summed E-state index contributed by atoms with van der Waals surface area (Å²) in [5.74, 6) is 0.503. The van der Waals surface area contributed by atoms with E-state index in [1.54, 1.807) is 11.0 Å². The summed E-state index contributed by atoms with van der Waals surface area (Å²) in [5, 5.41) is 1.22. The zero-order valence-corrected chi connectivity index (χ0v) is 16.6. The zero-order chi connectivity index (χ0) is 20.0. The van der Waals surface area contributed by atoms with Crippen LogP contribution in [0.4, 0.5) is 0 Å². The quantitative estimate of drug-likeness (QED) is 0.747. The summed E-state index contributed by atoms with van der Waals surface area (Å²) in [6.45, 7) is 3.19. The molecule has 0 N–H and O–H groups in total. The Labute approximate surface area is 166 Å². The largest absolute Gasteiger partial charge is 0.484 e. The minimum absolute atomic E-state index is 0.0519. The van der Waals surface area contributed by atoms with E-state index in [0.717, 1.165) is 11.1 Å². The summed E-state index contributed by atoms with van der Waals surface area (Å²) < 4.78 is 31.9. The Morgan fingerprint density at radius 3 is 2.29 bits per heavy atom. The van der Waals surface area contributed by atoms with Crippen molar-refractivity contribution < 1.29 is 17.9 Å². The van der Waals surface area contributed by atoms with Crippen LogP contribution < -0.4 is 4.74 Å². The van der Waals surface area contributed by atoms with Crippen LogP contribution in [0.15, 0.2) is 60.0 Å². The Morgan fingerprint density at radius 1 is 1.00 bits per heavy atom. The van der Waals surface area contributed by atoms with Crippen LogP contribution in [0.2, 0.25) is 0 Å². The molecule has 6 nitrogen and oxygen atoms in total. The molecule has 0 saturated carbocycles. The molecule has 1 aliphatic heterocycles. The topological polar surface area (TPSA) is 66.9 Å². The van der Waals surface area contributed by atoms with Crippen molar-refractivity contribution in [3.63, 3.8) is 0 Å². The van der Waals surface area contributed by atoms with Crippen molar-refractivity contribution in [3.8, 4) is 5.75 Å². The number of amides is 1. The molecule has 1 aliphatic rings. The van der Waals surface area contributed by atoms with Crippen molar-refractivity contribution in [2.45, 2.75) is 6.92 Å². The molecule has 0 bridgehead atoms. The van der Waals surface area contributed by atoms with Crippen LogP contribution >= 0.6 is 0 Å². The molecule has 148 valence electrons. The number of carbonyl (C=O) groups is 1. The first-order chi connectivity index (χ1) is 13.4. The van der Waals surface area contributed by atoms with Crippen molar-refractivity contribution in [1.82, 2.24) is 9.21 Å². The van der Waals surface area contributed by atoms with Gasteiger partial charge in [0, 0.05) is 31.6 Å². The average molecular weight is 401 g/mol. The van der Waals surface area contributed by atoms with Gasteiger partial charge in [0.1, 0.15) is 5.75 Å². The molecule has 0 unspecified atom stereocenters. The first-order valence-electron chi connectivity index (χ1n) is 9.14. The predicted octanol–water partition coefficient (Wildman–Crippen LogP) is 2.52. The molecule has 0 aliphatic carbocycles. The number of hydrogen-bond acceptors (Lipinski definition) is 4. The Morgan fingerprint density at radius 2 is 1.64 bits per heavy atom. The van der Waals surface area contributed by atoms with Crippen molar-refractivity contribution in [1.29, 1.82) is 0 Å². The van der Waals surface area contributed by atoms with E-state index >= 15 is 0 Å². The maximum atomic E-state index is 12.5. The summed E-state index contributed by atoms with van der Waals surface area (Å²) in [5.41, 5.74) is 1.95. The Kier molecular flexibility index (Phi) is 6.49. The molecular weight excluding hydrogens is 376 g/mol. The number of piperazine rings is 1. The van der Waals surface area contributed by atoms with Crippen LogP contribution in [0.1, 0.15) is 11.1 Å². The summed E-state index contributed by atoms with van der Waals surface area (Å²) >= 11 is 0. The van der Waals surface area contributed by atoms with E-state index in [-0.39, 0.29) is 25.6 Å². The third-order valence-corrected chi connectivity index (χ3v) is 6.13. The Bertz CT molecular complexity index is 917. The number of sulfonamides is 1. The van der Waals surface area contributed by atoms with Gasteiger partial charge in [0.05, 0.1) is 0 Å². The number of carbonyl (C=O) groups excluding carboxylic acids is 1. The minimum Gasteiger partial charge on any atom is -0.484 e. The summed E-state index contributed by atoms with van der Waals surface area (Å²) in [6.07, 6.45) is 1.59. The molecule has 0 radical (unpaired) electrons. The number of hydrogen-bond donors (Lipinski definition) is 0. The van der Waals surface area contributed by atoms with Crippen LogP contribution in [0.5, 0.6) is 5.75 Å². The molecule has 2 aromatic carbocycles. The SMILES string of the molecule is Cc1ccc(OCC(=O)N2CCN(S(=O)(=O)/C=C/c3ccccc3)CC2)cc1. The van der Waals surface area contributed by atoms with Gasteiger partial charge in [-0.2, -0.15) is 4.31 Å². The van der Waals surface area contributed by atoms with Gasteiger partial charge in [-0.3, -0.25) is 4.79 Å². The van der Waals surface area contributed by atoms with Crippen LogP contribution in [-0.2, 0) is 14.8 Å². The van der Waals surface area contributed by atoms with Crippen LogP contribution in [0.25, 0.3) is 6.08 Å². The second-order valence-electron chi connectivity index (χ2n) is 6.64. The molecule has 0 aromatic heterocycles. The highest BCUT2D eigenvalue weighted by atomic mass is 32.2. The number of aryl methyl sites for hydroxylation is 1. The van der Waals surface area contributed by atoms with Gasteiger partial charge in [-0.1, -0.05) is 48.0 Å². The molecule has 7 heteroatoms. The lowest BCUT2D eigenvalue weighted by Gasteiger charge is -2.33. The summed E-state index contributed by atoms with van der Waals surface area (Å²) in [4.78, 5) is 14.0. The Hall–Kier alpha value is -2.64. The molecule has 1 fully saturated rings. The lowest BCUT2D eigenvalue weighted by atomic mass is 10.2. The van der Waals surface area contributed by atoms with Crippen molar-refractivity contribution >= 4 is 22.0 Å².